The molecule has 0 spiro atoms. The van der Waals surface area contributed by atoms with E-state index in [0.29, 0.717) is 27.8 Å². The van der Waals surface area contributed by atoms with Gasteiger partial charge in [-0.1, -0.05) is 22.9 Å². The molecular weight excluding hydrogens is 379 g/mol. The van der Waals surface area contributed by atoms with Gasteiger partial charge in [-0.25, -0.2) is 14.0 Å². The van der Waals surface area contributed by atoms with E-state index in [0.717, 1.165) is 6.42 Å². The van der Waals surface area contributed by atoms with Crippen LogP contribution in [0.25, 0.3) is 0 Å². The molecule has 0 radical (unpaired) electrons. The Bertz CT molecular complexity index is 728. The standard InChI is InChI=1S/C18H16BrFO4/c1-2-9-23-17(21)12-3-5-13(6-4-12)18(22)24-11-14-10-15(20)7-8-16(14)19/h3-8,10H,2,9,11H2,1H3. The third kappa shape index (κ3) is 4.89. The first-order valence-electron chi connectivity index (χ1n) is 7.39. The number of benzene rings is 2. The molecule has 0 heterocycles. The van der Waals surface area contributed by atoms with Crippen LogP contribution >= 0.6 is 15.9 Å². The molecule has 2 rings (SSSR count). The zero-order chi connectivity index (χ0) is 17.5. The van der Waals surface area contributed by atoms with Crippen LogP contribution in [-0.2, 0) is 16.1 Å². The molecule has 0 bridgehead atoms. The summed E-state index contributed by atoms with van der Waals surface area (Å²) < 4.78 is 24.0. The molecule has 0 atom stereocenters. The molecule has 0 aliphatic heterocycles. The first kappa shape index (κ1) is 18.1. The topological polar surface area (TPSA) is 52.6 Å². The van der Waals surface area contributed by atoms with Gasteiger partial charge in [-0.15, -0.1) is 0 Å². The van der Waals surface area contributed by atoms with Gasteiger partial charge in [0.05, 0.1) is 17.7 Å². The van der Waals surface area contributed by atoms with E-state index < -0.39 is 17.8 Å². The molecule has 0 unspecified atom stereocenters. The lowest BCUT2D eigenvalue weighted by Crippen LogP contribution is -2.08. The molecule has 0 saturated heterocycles. The molecule has 0 amide bonds. The summed E-state index contributed by atoms with van der Waals surface area (Å²) in [5.74, 6) is -1.39. The Balaban J connectivity index is 1.97. The summed E-state index contributed by atoms with van der Waals surface area (Å²) in [6.45, 7) is 2.20. The third-order valence-electron chi connectivity index (χ3n) is 3.16. The number of hydrogen-bond donors (Lipinski definition) is 0. The van der Waals surface area contributed by atoms with Crippen LogP contribution in [0.4, 0.5) is 4.39 Å². The van der Waals surface area contributed by atoms with Gasteiger partial charge in [-0.05, 0) is 48.9 Å². The first-order chi connectivity index (χ1) is 11.5. The third-order valence-corrected chi connectivity index (χ3v) is 3.93. The number of carbonyl (C=O) groups is 2. The second kappa shape index (κ2) is 8.59. The lowest BCUT2D eigenvalue weighted by atomic mass is 10.1. The SMILES string of the molecule is CCCOC(=O)c1ccc(C(=O)OCc2cc(F)ccc2Br)cc1. The zero-order valence-electron chi connectivity index (χ0n) is 13.1. The van der Waals surface area contributed by atoms with Gasteiger partial charge < -0.3 is 9.47 Å². The number of esters is 2. The van der Waals surface area contributed by atoms with Crippen molar-refractivity contribution in [1.82, 2.24) is 0 Å². The second-order valence-electron chi connectivity index (χ2n) is 5.03. The van der Waals surface area contributed by atoms with Gasteiger partial charge in [0, 0.05) is 10.0 Å². The Kier molecular flexibility index (Phi) is 6.49. The zero-order valence-corrected chi connectivity index (χ0v) is 14.6. The summed E-state index contributed by atoms with van der Waals surface area (Å²) in [6.07, 6.45) is 0.742. The number of ether oxygens (including phenoxy) is 2. The van der Waals surface area contributed by atoms with Crippen LogP contribution in [0, 0.1) is 5.82 Å². The van der Waals surface area contributed by atoms with Crippen molar-refractivity contribution in [3.05, 3.63) is 69.4 Å². The molecule has 0 aliphatic carbocycles. The molecule has 2 aromatic carbocycles. The van der Waals surface area contributed by atoms with Crippen LogP contribution in [0.15, 0.2) is 46.9 Å². The largest absolute Gasteiger partial charge is 0.462 e. The highest BCUT2D eigenvalue weighted by atomic mass is 79.9. The van der Waals surface area contributed by atoms with E-state index in [9.17, 15) is 14.0 Å². The van der Waals surface area contributed by atoms with Crippen molar-refractivity contribution in [2.75, 3.05) is 6.61 Å². The van der Waals surface area contributed by atoms with E-state index in [1.807, 2.05) is 6.92 Å². The Morgan fingerprint density at radius 1 is 1.00 bits per heavy atom. The van der Waals surface area contributed by atoms with Crippen molar-refractivity contribution < 1.29 is 23.5 Å². The fraction of sp³-hybridized carbons (Fsp3) is 0.222. The van der Waals surface area contributed by atoms with Crippen molar-refractivity contribution in [1.29, 1.82) is 0 Å². The van der Waals surface area contributed by atoms with Crippen molar-refractivity contribution >= 4 is 27.9 Å². The average Bonchev–Trinajstić information content (AvgIpc) is 2.60. The van der Waals surface area contributed by atoms with Crippen molar-refractivity contribution in [3.8, 4) is 0 Å². The van der Waals surface area contributed by atoms with Crippen LogP contribution in [-0.4, -0.2) is 18.5 Å². The molecule has 0 aliphatic rings. The van der Waals surface area contributed by atoms with E-state index in [2.05, 4.69) is 15.9 Å². The van der Waals surface area contributed by atoms with Crippen LogP contribution in [0.5, 0.6) is 0 Å². The Hall–Kier alpha value is -2.21. The van der Waals surface area contributed by atoms with Gasteiger partial charge in [0.2, 0.25) is 0 Å². The maximum Gasteiger partial charge on any atom is 0.338 e. The highest BCUT2D eigenvalue weighted by Gasteiger charge is 2.12. The highest BCUT2D eigenvalue weighted by Crippen LogP contribution is 2.19. The second-order valence-corrected chi connectivity index (χ2v) is 5.88. The van der Waals surface area contributed by atoms with Gasteiger partial charge >= 0.3 is 11.9 Å². The van der Waals surface area contributed by atoms with E-state index >= 15 is 0 Å². The molecule has 0 N–H and O–H groups in total. The van der Waals surface area contributed by atoms with Crippen LogP contribution in [0.1, 0.15) is 39.6 Å². The van der Waals surface area contributed by atoms with Crippen molar-refractivity contribution in [2.45, 2.75) is 20.0 Å². The highest BCUT2D eigenvalue weighted by molar-refractivity contribution is 9.10. The number of rotatable bonds is 6. The lowest BCUT2D eigenvalue weighted by Gasteiger charge is -2.08. The summed E-state index contributed by atoms with van der Waals surface area (Å²) in [4.78, 5) is 23.7. The van der Waals surface area contributed by atoms with Gasteiger partial charge in [-0.2, -0.15) is 0 Å². The molecule has 0 fully saturated rings. The molecule has 24 heavy (non-hydrogen) atoms. The predicted molar refractivity (Wildman–Crippen MR) is 90.2 cm³/mol. The molecule has 0 aromatic heterocycles. The number of halogens is 2. The maximum atomic E-state index is 13.2. The van der Waals surface area contributed by atoms with E-state index in [1.165, 1.54) is 36.4 Å². The average molecular weight is 395 g/mol. The first-order valence-corrected chi connectivity index (χ1v) is 8.18. The smallest absolute Gasteiger partial charge is 0.338 e. The monoisotopic (exact) mass is 394 g/mol. The normalized spacial score (nSPS) is 10.3. The fourth-order valence-electron chi connectivity index (χ4n) is 1.90. The minimum atomic E-state index is -0.556. The van der Waals surface area contributed by atoms with Crippen LogP contribution in [0.2, 0.25) is 0 Å². The van der Waals surface area contributed by atoms with E-state index in [4.69, 9.17) is 9.47 Å². The molecule has 0 saturated carbocycles. The minimum absolute atomic E-state index is 0.0581. The molecule has 6 heteroatoms. The van der Waals surface area contributed by atoms with Crippen molar-refractivity contribution in [2.24, 2.45) is 0 Å². The predicted octanol–water partition coefficient (Wildman–Crippen LogP) is 4.51. The fourth-order valence-corrected chi connectivity index (χ4v) is 2.26. The van der Waals surface area contributed by atoms with E-state index in [-0.39, 0.29) is 6.61 Å². The molecule has 2 aromatic rings. The van der Waals surface area contributed by atoms with Gasteiger partial charge in [0.15, 0.2) is 0 Å². The number of carbonyl (C=O) groups excluding carboxylic acids is 2. The van der Waals surface area contributed by atoms with Crippen molar-refractivity contribution in [3.63, 3.8) is 0 Å². The summed E-state index contributed by atoms with van der Waals surface area (Å²) in [5, 5.41) is 0. The van der Waals surface area contributed by atoms with Crippen LogP contribution < -0.4 is 0 Å². The van der Waals surface area contributed by atoms with E-state index in [1.54, 1.807) is 6.07 Å². The Morgan fingerprint density at radius 3 is 2.17 bits per heavy atom. The summed E-state index contributed by atoms with van der Waals surface area (Å²) in [7, 11) is 0. The molecule has 4 nitrogen and oxygen atoms in total. The molecule has 126 valence electrons. The maximum absolute atomic E-state index is 13.2. The summed E-state index contributed by atoms with van der Waals surface area (Å²) in [5.41, 5.74) is 1.20. The minimum Gasteiger partial charge on any atom is -0.462 e. The van der Waals surface area contributed by atoms with Gasteiger partial charge in [-0.3, -0.25) is 0 Å². The van der Waals surface area contributed by atoms with Gasteiger partial charge in [0.1, 0.15) is 12.4 Å². The quantitative estimate of drug-likeness (QED) is 0.676. The van der Waals surface area contributed by atoms with Crippen LogP contribution in [0.3, 0.4) is 0 Å². The Labute approximate surface area is 147 Å². The number of hydrogen-bond acceptors (Lipinski definition) is 4. The summed E-state index contributed by atoms with van der Waals surface area (Å²) in [6, 6.07) is 10.2. The Morgan fingerprint density at radius 2 is 1.58 bits per heavy atom. The lowest BCUT2D eigenvalue weighted by molar-refractivity contribution is 0.0466. The molecular formula is C18H16BrFO4. The van der Waals surface area contributed by atoms with Gasteiger partial charge in [0.25, 0.3) is 0 Å². The summed E-state index contributed by atoms with van der Waals surface area (Å²) >= 11 is 3.27.